The van der Waals surface area contributed by atoms with Gasteiger partial charge < -0.3 is 15.0 Å². The highest BCUT2D eigenvalue weighted by Gasteiger charge is 2.32. The zero-order valence-electron chi connectivity index (χ0n) is 14.1. The van der Waals surface area contributed by atoms with Gasteiger partial charge in [-0.15, -0.1) is 0 Å². The molecular formula is C16H20FN5O3. The summed E-state index contributed by atoms with van der Waals surface area (Å²) in [5.74, 6) is -0.634. The minimum Gasteiger partial charge on any atom is -0.442 e. The lowest BCUT2D eigenvalue weighted by Gasteiger charge is -2.28. The van der Waals surface area contributed by atoms with Gasteiger partial charge in [0.1, 0.15) is 18.3 Å². The van der Waals surface area contributed by atoms with Gasteiger partial charge in [-0.05, 0) is 18.2 Å². The minimum absolute atomic E-state index is 0.196. The van der Waals surface area contributed by atoms with Crippen LogP contribution in [0, 0.1) is 5.82 Å². The van der Waals surface area contributed by atoms with Gasteiger partial charge in [0, 0.05) is 20.5 Å². The molecule has 9 heteroatoms. The SMILES string of the molecule is CC(=O)NC[C@H]1CN(c2ccc(N3C=NN(C)CC3)c(F)c2)C(=O)O1. The average Bonchev–Trinajstić information content (AvgIpc) is 2.95. The second-order valence-corrected chi connectivity index (χ2v) is 5.99. The standard InChI is InChI=1S/C16H20FN5O3/c1-11(23)18-8-13-9-22(16(24)25-13)12-3-4-15(14(17)7-12)21-6-5-20(2)19-10-21/h3-4,7,10,13H,5-6,8-9H2,1-2H3,(H,18,23)/t13-/m0/s1. The third-order valence-electron chi connectivity index (χ3n) is 4.06. The predicted molar refractivity (Wildman–Crippen MR) is 91.2 cm³/mol. The van der Waals surface area contributed by atoms with E-state index in [1.807, 2.05) is 7.05 Å². The molecule has 1 aromatic carbocycles. The minimum atomic E-state index is -0.552. The van der Waals surface area contributed by atoms with Gasteiger partial charge in [-0.1, -0.05) is 0 Å². The molecule has 1 N–H and O–H groups in total. The van der Waals surface area contributed by atoms with Crippen LogP contribution in [-0.2, 0) is 9.53 Å². The van der Waals surface area contributed by atoms with Crippen LogP contribution >= 0.6 is 0 Å². The number of nitrogens with zero attached hydrogens (tertiary/aromatic N) is 4. The molecule has 1 atom stereocenters. The molecule has 1 fully saturated rings. The number of carbonyl (C=O) groups excluding carboxylic acids is 2. The molecular weight excluding hydrogens is 329 g/mol. The number of cyclic esters (lactones) is 1. The number of rotatable bonds is 4. The van der Waals surface area contributed by atoms with Crippen LogP contribution in [0.25, 0.3) is 0 Å². The van der Waals surface area contributed by atoms with Crippen LogP contribution in [-0.4, -0.2) is 62.7 Å². The van der Waals surface area contributed by atoms with Crippen LogP contribution in [0.5, 0.6) is 0 Å². The highest BCUT2D eigenvalue weighted by atomic mass is 19.1. The molecule has 0 aliphatic carbocycles. The number of halogens is 1. The Labute approximate surface area is 144 Å². The van der Waals surface area contributed by atoms with E-state index in [-0.39, 0.29) is 19.0 Å². The fourth-order valence-electron chi connectivity index (χ4n) is 2.69. The topological polar surface area (TPSA) is 77.5 Å². The Morgan fingerprint density at radius 1 is 1.44 bits per heavy atom. The molecule has 1 saturated heterocycles. The number of amides is 2. The number of hydrogen-bond acceptors (Lipinski definition) is 6. The molecule has 0 unspecified atom stereocenters. The quantitative estimate of drug-likeness (QED) is 0.877. The first kappa shape index (κ1) is 17.0. The van der Waals surface area contributed by atoms with Crippen molar-refractivity contribution < 1.29 is 18.7 Å². The summed E-state index contributed by atoms with van der Waals surface area (Å²) in [6.07, 6.45) is 0.572. The molecule has 2 amide bonds. The number of anilines is 2. The molecule has 2 aliphatic heterocycles. The van der Waals surface area contributed by atoms with Gasteiger partial charge in [0.25, 0.3) is 0 Å². The summed E-state index contributed by atoms with van der Waals surface area (Å²) in [6, 6.07) is 4.60. The van der Waals surface area contributed by atoms with Crippen LogP contribution in [0.4, 0.5) is 20.6 Å². The van der Waals surface area contributed by atoms with Gasteiger partial charge in [0.15, 0.2) is 0 Å². The van der Waals surface area contributed by atoms with E-state index >= 15 is 0 Å². The lowest BCUT2D eigenvalue weighted by molar-refractivity contribution is -0.119. The van der Waals surface area contributed by atoms with Crippen LogP contribution in [0.15, 0.2) is 23.3 Å². The first-order chi connectivity index (χ1) is 11.9. The second-order valence-electron chi connectivity index (χ2n) is 5.99. The number of hydrogen-bond donors (Lipinski definition) is 1. The van der Waals surface area contributed by atoms with Gasteiger partial charge in [0.05, 0.1) is 31.0 Å². The Bertz CT molecular complexity index is 711. The summed E-state index contributed by atoms with van der Waals surface area (Å²) in [6.45, 7) is 3.20. The maximum absolute atomic E-state index is 14.5. The predicted octanol–water partition coefficient (Wildman–Crippen LogP) is 0.982. The van der Waals surface area contributed by atoms with Crippen molar-refractivity contribution in [1.29, 1.82) is 0 Å². The monoisotopic (exact) mass is 349 g/mol. The molecule has 134 valence electrons. The van der Waals surface area contributed by atoms with Gasteiger partial charge in [-0.25, -0.2) is 9.18 Å². The normalized spacial score (nSPS) is 20.0. The van der Waals surface area contributed by atoms with E-state index < -0.39 is 18.0 Å². The zero-order chi connectivity index (χ0) is 18.0. The van der Waals surface area contributed by atoms with Crippen molar-refractivity contribution >= 4 is 29.7 Å². The van der Waals surface area contributed by atoms with Crippen molar-refractivity contribution in [3.05, 3.63) is 24.0 Å². The maximum Gasteiger partial charge on any atom is 0.414 e. The fourth-order valence-corrected chi connectivity index (χ4v) is 2.69. The van der Waals surface area contributed by atoms with Crippen molar-refractivity contribution in [2.24, 2.45) is 5.10 Å². The molecule has 25 heavy (non-hydrogen) atoms. The lowest BCUT2D eigenvalue weighted by atomic mass is 10.2. The number of likely N-dealkylation sites (N-methyl/N-ethyl adjacent to an activating group) is 1. The molecule has 0 aromatic heterocycles. The van der Waals surface area contributed by atoms with Gasteiger partial charge in [-0.3, -0.25) is 14.7 Å². The van der Waals surface area contributed by atoms with E-state index in [9.17, 15) is 14.0 Å². The van der Waals surface area contributed by atoms with Crippen LogP contribution in [0.3, 0.4) is 0 Å². The molecule has 0 bridgehead atoms. The number of ether oxygens (including phenoxy) is 1. The number of hydrazone groups is 1. The number of carbonyl (C=O) groups is 2. The third-order valence-corrected chi connectivity index (χ3v) is 4.06. The Morgan fingerprint density at radius 2 is 2.24 bits per heavy atom. The van der Waals surface area contributed by atoms with E-state index in [0.717, 1.165) is 0 Å². The molecule has 8 nitrogen and oxygen atoms in total. The highest BCUT2D eigenvalue weighted by Crippen LogP contribution is 2.28. The molecule has 3 rings (SSSR count). The molecule has 0 radical (unpaired) electrons. The van der Waals surface area contributed by atoms with Crippen molar-refractivity contribution in [2.45, 2.75) is 13.0 Å². The van der Waals surface area contributed by atoms with Crippen molar-refractivity contribution in [3.63, 3.8) is 0 Å². The molecule has 1 aromatic rings. The summed E-state index contributed by atoms with van der Waals surface area (Å²) < 4.78 is 19.7. The first-order valence-electron chi connectivity index (χ1n) is 7.98. The average molecular weight is 349 g/mol. The Morgan fingerprint density at radius 3 is 2.88 bits per heavy atom. The summed E-state index contributed by atoms with van der Waals surface area (Å²) in [5, 5.41) is 8.51. The Kier molecular flexibility index (Phi) is 4.73. The summed E-state index contributed by atoms with van der Waals surface area (Å²) >= 11 is 0. The van der Waals surface area contributed by atoms with Crippen molar-refractivity contribution in [3.8, 4) is 0 Å². The Balaban J connectivity index is 1.71. The highest BCUT2D eigenvalue weighted by molar-refractivity contribution is 5.90. The summed E-state index contributed by atoms with van der Waals surface area (Å²) in [7, 11) is 1.85. The van der Waals surface area contributed by atoms with Crippen LogP contribution in [0.2, 0.25) is 0 Å². The molecule has 0 spiro atoms. The van der Waals surface area contributed by atoms with Gasteiger partial charge in [-0.2, -0.15) is 5.10 Å². The third kappa shape index (κ3) is 3.81. The lowest BCUT2D eigenvalue weighted by Crippen LogP contribution is -2.36. The van der Waals surface area contributed by atoms with Crippen LogP contribution < -0.4 is 15.1 Å². The summed E-state index contributed by atoms with van der Waals surface area (Å²) in [5.41, 5.74) is 0.825. The van der Waals surface area contributed by atoms with E-state index in [2.05, 4.69) is 10.4 Å². The molecule has 0 saturated carbocycles. The van der Waals surface area contributed by atoms with E-state index in [1.165, 1.54) is 17.9 Å². The first-order valence-corrected chi connectivity index (χ1v) is 7.98. The second kappa shape index (κ2) is 6.96. The zero-order valence-corrected chi connectivity index (χ0v) is 14.1. The maximum atomic E-state index is 14.5. The van der Waals surface area contributed by atoms with Crippen molar-refractivity contribution in [2.75, 3.05) is 43.0 Å². The summed E-state index contributed by atoms with van der Waals surface area (Å²) in [4.78, 5) is 26.0. The molecule has 2 aliphatic rings. The van der Waals surface area contributed by atoms with Crippen LogP contribution in [0.1, 0.15) is 6.92 Å². The Hall–Kier alpha value is -2.84. The van der Waals surface area contributed by atoms with E-state index in [1.54, 1.807) is 28.4 Å². The number of benzene rings is 1. The fraction of sp³-hybridized carbons (Fsp3) is 0.438. The van der Waals surface area contributed by atoms with E-state index in [4.69, 9.17) is 4.74 Å². The molecule has 2 heterocycles. The smallest absolute Gasteiger partial charge is 0.414 e. The largest absolute Gasteiger partial charge is 0.442 e. The van der Waals surface area contributed by atoms with Gasteiger partial charge in [0.2, 0.25) is 5.91 Å². The van der Waals surface area contributed by atoms with Gasteiger partial charge >= 0.3 is 6.09 Å². The van der Waals surface area contributed by atoms with E-state index in [0.29, 0.717) is 24.5 Å². The van der Waals surface area contributed by atoms with Crippen molar-refractivity contribution in [1.82, 2.24) is 10.3 Å². The number of nitrogens with one attached hydrogen (secondary N) is 1.